The molecule has 43 heavy (non-hydrogen) atoms. The van der Waals surface area contributed by atoms with E-state index in [-0.39, 0.29) is 36.4 Å². The van der Waals surface area contributed by atoms with Gasteiger partial charge in [0.15, 0.2) is 0 Å². The molecule has 14 heteroatoms. The summed E-state index contributed by atoms with van der Waals surface area (Å²) in [6.45, 7) is 7.68. The van der Waals surface area contributed by atoms with Crippen molar-refractivity contribution in [1.82, 2.24) is 31.5 Å². The number of likely N-dealkylation sites (tertiary alicyclic amines) is 1. The highest BCUT2D eigenvalue weighted by Crippen LogP contribution is 2.19. The summed E-state index contributed by atoms with van der Waals surface area (Å²) in [4.78, 5) is 79.9. The molecule has 236 valence electrons. The molecule has 0 unspecified atom stereocenters. The molecule has 7 N–H and O–H groups in total. The SMILES string of the molecule is CCN1CCC[C@H]1CNC(=O)[C@@H]1CC(=O)N[C@@H](CC(N)=O)C(=O)N[C@H](C(C)C)C(=O)NCCOc2ccccc2C(=O)N1. The van der Waals surface area contributed by atoms with Gasteiger partial charge in [-0.25, -0.2) is 0 Å². The fourth-order valence-corrected chi connectivity index (χ4v) is 5.19. The van der Waals surface area contributed by atoms with Crippen LogP contribution in [0.2, 0.25) is 0 Å². The van der Waals surface area contributed by atoms with Crippen LogP contribution in [0.1, 0.15) is 56.8 Å². The van der Waals surface area contributed by atoms with E-state index in [0.29, 0.717) is 6.54 Å². The summed E-state index contributed by atoms with van der Waals surface area (Å²) in [6, 6.07) is 2.84. The van der Waals surface area contributed by atoms with Crippen LogP contribution in [0.5, 0.6) is 5.75 Å². The minimum atomic E-state index is -1.41. The van der Waals surface area contributed by atoms with Crippen LogP contribution < -0.4 is 37.1 Å². The van der Waals surface area contributed by atoms with E-state index in [4.69, 9.17) is 10.5 Å². The zero-order valence-corrected chi connectivity index (χ0v) is 24.9. The molecular formula is C29H43N7O7. The maximum atomic E-state index is 13.4. The first kappa shape index (κ1) is 33.3. The van der Waals surface area contributed by atoms with Crippen LogP contribution in [0.3, 0.4) is 0 Å². The highest BCUT2D eigenvalue weighted by Gasteiger charge is 2.32. The first-order valence-corrected chi connectivity index (χ1v) is 14.7. The molecule has 0 aliphatic carbocycles. The number of nitrogens with two attached hydrogens (primary N) is 1. The number of hydrogen-bond acceptors (Lipinski definition) is 8. The van der Waals surface area contributed by atoms with Crippen molar-refractivity contribution in [3.05, 3.63) is 29.8 Å². The standard InChI is InChI=1S/C29H43N7O7/c1-4-36-12-7-8-18(36)16-32-27(40)21-15-24(38)33-20(14-23(30)37)28(41)35-25(17(2)3)29(42)31-11-13-43-22-10-6-5-9-19(22)26(39)34-21/h5-6,9-10,17-18,20-21,25H,4,7-8,11-16H2,1-3H3,(H2,30,37)(H,31,42)(H,32,40)(H,33,38)(H,34,39)(H,35,41)/t18-,20-,21-,25+/m0/s1. The van der Waals surface area contributed by atoms with Crippen molar-refractivity contribution in [2.75, 3.05) is 32.8 Å². The molecule has 1 aromatic carbocycles. The average Bonchev–Trinajstić information content (AvgIpc) is 3.42. The van der Waals surface area contributed by atoms with Crippen molar-refractivity contribution in [3.8, 4) is 5.75 Å². The second-order valence-corrected chi connectivity index (χ2v) is 11.1. The smallest absolute Gasteiger partial charge is 0.255 e. The third-order valence-electron chi connectivity index (χ3n) is 7.52. The number of ether oxygens (including phenoxy) is 1. The first-order chi connectivity index (χ1) is 20.5. The fraction of sp³-hybridized carbons (Fsp3) is 0.586. The van der Waals surface area contributed by atoms with Gasteiger partial charge in [0.25, 0.3) is 5.91 Å². The zero-order chi connectivity index (χ0) is 31.5. The third kappa shape index (κ3) is 9.66. The lowest BCUT2D eigenvalue weighted by Gasteiger charge is -2.26. The van der Waals surface area contributed by atoms with Crippen LogP contribution in [0.15, 0.2) is 24.3 Å². The fourth-order valence-electron chi connectivity index (χ4n) is 5.19. The van der Waals surface area contributed by atoms with Crippen LogP contribution >= 0.6 is 0 Å². The number of hydrogen-bond donors (Lipinski definition) is 6. The minimum absolute atomic E-state index is 0.0123. The highest BCUT2D eigenvalue weighted by molar-refractivity contribution is 6.01. The average molecular weight is 602 g/mol. The lowest BCUT2D eigenvalue weighted by atomic mass is 10.0. The molecule has 4 atom stereocenters. The number of nitrogens with zero attached hydrogens (tertiary/aromatic N) is 1. The second-order valence-electron chi connectivity index (χ2n) is 11.1. The zero-order valence-electron chi connectivity index (χ0n) is 24.9. The monoisotopic (exact) mass is 601 g/mol. The van der Waals surface area contributed by atoms with Gasteiger partial charge >= 0.3 is 0 Å². The molecule has 1 fully saturated rings. The van der Waals surface area contributed by atoms with Crippen LogP contribution in [0, 0.1) is 5.92 Å². The van der Waals surface area contributed by atoms with Gasteiger partial charge in [0.1, 0.15) is 30.5 Å². The van der Waals surface area contributed by atoms with Gasteiger partial charge in [-0.1, -0.05) is 32.9 Å². The van der Waals surface area contributed by atoms with Crippen molar-refractivity contribution in [3.63, 3.8) is 0 Å². The van der Waals surface area contributed by atoms with Crippen LogP contribution in [-0.4, -0.2) is 97.3 Å². The number of amides is 6. The molecule has 0 saturated carbocycles. The number of nitrogens with one attached hydrogen (secondary N) is 5. The van der Waals surface area contributed by atoms with Crippen LogP contribution in [0.4, 0.5) is 0 Å². The van der Waals surface area contributed by atoms with Gasteiger partial charge in [-0.3, -0.25) is 33.7 Å². The van der Waals surface area contributed by atoms with Crippen LogP contribution in [-0.2, 0) is 24.0 Å². The maximum Gasteiger partial charge on any atom is 0.255 e. The normalized spacial score (nSPS) is 24.5. The van der Waals surface area contributed by atoms with Crippen molar-refractivity contribution in [1.29, 1.82) is 0 Å². The van der Waals surface area contributed by atoms with Crippen LogP contribution in [0.25, 0.3) is 0 Å². The summed E-state index contributed by atoms with van der Waals surface area (Å²) in [5, 5.41) is 13.2. The Balaban J connectivity index is 1.89. The molecule has 0 aromatic heterocycles. The Labute approximate surface area is 251 Å². The minimum Gasteiger partial charge on any atom is -0.491 e. The van der Waals surface area contributed by atoms with E-state index in [9.17, 15) is 28.8 Å². The summed E-state index contributed by atoms with van der Waals surface area (Å²) in [5.41, 5.74) is 5.47. The molecule has 0 spiro atoms. The summed E-state index contributed by atoms with van der Waals surface area (Å²) in [7, 11) is 0. The van der Waals surface area contributed by atoms with E-state index < -0.39 is 66.4 Å². The van der Waals surface area contributed by atoms with E-state index in [1.807, 2.05) is 6.92 Å². The van der Waals surface area contributed by atoms with Gasteiger partial charge < -0.3 is 37.1 Å². The van der Waals surface area contributed by atoms with Gasteiger partial charge in [0.2, 0.25) is 29.5 Å². The molecule has 1 saturated heterocycles. The topological polar surface area (TPSA) is 201 Å². The summed E-state index contributed by atoms with van der Waals surface area (Å²) in [6.07, 6.45) is 0.854. The third-order valence-corrected chi connectivity index (χ3v) is 7.52. The molecule has 6 amide bonds. The predicted molar refractivity (Wildman–Crippen MR) is 157 cm³/mol. The molecule has 3 rings (SSSR count). The molecule has 1 aromatic rings. The van der Waals surface area contributed by atoms with E-state index in [1.165, 1.54) is 6.07 Å². The Morgan fingerprint density at radius 1 is 1.09 bits per heavy atom. The Hall–Kier alpha value is -4.20. The lowest BCUT2D eigenvalue weighted by Crippen LogP contribution is -2.57. The molecule has 14 nitrogen and oxygen atoms in total. The highest BCUT2D eigenvalue weighted by atomic mass is 16.5. The quantitative estimate of drug-likeness (QED) is 0.223. The molecule has 2 aliphatic heterocycles. The van der Waals surface area contributed by atoms with E-state index in [1.54, 1.807) is 32.0 Å². The molecule has 2 heterocycles. The second kappa shape index (κ2) is 15.9. The van der Waals surface area contributed by atoms with E-state index in [0.717, 1.165) is 25.9 Å². The van der Waals surface area contributed by atoms with Gasteiger partial charge in [-0.2, -0.15) is 0 Å². The Kier molecular flexibility index (Phi) is 12.3. The summed E-state index contributed by atoms with van der Waals surface area (Å²) < 4.78 is 5.77. The van der Waals surface area contributed by atoms with Crippen molar-refractivity contribution < 1.29 is 33.5 Å². The van der Waals surface area contributed by atoms with E-state index in [2.05, 4.69) is 31.5 Å². The molecular weight excluding hydrogens is 558 g/mol. The van der Waals surface area contributed by atoms with Gasteiger partial charge in [-0.15, -0.1) is 0 Å². The van der Waals surface area contributed by atoms with Gasteiger partial charge in [0, 0.05) is 12.6 Å². The van der Waals surface area contributed by atoms with Crippen molar-refractivity contribution in [2.45, 2.75) is 70.6 Å². The Morgan fingerprint density at radius 2 is 1.84 bits per heavy atom. The van der Waals surface area contributed by atoms with Crippen molar-refractivity contribution >= 4 is 35.4 Å². The maximum absolute atomic E-state index is 13.4. The van der Waals surface area contributed by atoms with E-state index >= 15 is 0 Å². The number of likely N-dealkylation sites (N-methyl/N-ethyl adjacent to an activating group) is 1. The number of primary amides is 1. The lowest BCUT2D eigenvalue weighted by molar-refractivity contribution is -0.134. The number of benzene rings is 1. The summed E-state index contributed by atoms with van der Waals surface area (Å²) in [5.74, 6) is -4.26. The number of para-hydroxylation sites is 1. The number of carbonyl (C=O) groups is 6. The summed E-state index contributed by atoms with van der Waals surface area (Å²) >= 11 is 0. The Morgan fingerprint density at radius 3 is 2.53 bits per heavy atom. The Bertz CT molecular complexity index is 1190. The number of rotatable bonds is 7. The molecule has 0 radical (unpaired) electrons. The number of fused-ring (bicyclic) bond motifs is 1. The molecule has 2 aliphatic rings. The number of carbonyl (C=O) groups excluding carboxylic acids is 6. The van der Waals surface area contributed by atoms with Gasteiger partial charge in [0.05, 0.1) is 24.9 Å². The largest absolute Gasteiger partial charge is 0.491 e. The van der Waals surface area contributed by atoms with Gasteiger partial charge in [-0.05, 0) is 44.0 Å². The van der Waals surface area contributed by atoms with Crippen molar-refractivity contribution in [2.24, 2.45) is 11.7 Å². The first-order valence-electron chi connectivity index (χ1n) is 14.7. The molecule has 0 bridgehead atoms. The predicted octanol–water partition coefficient (Wildman–Crippen LogP) is -1.21.